The largest absolute Gasteiger partial charge is 0.486 e. The molecule has 0 spiro atoms. The zero-order valence-electron chi connectivity index (χ0n) is 16.4. The standard InChI is InChI=1S/C22H21N3O5/c1-14-10-15-4-2-3-5-17(15)22(28)25(14)13-21(27)23-12-20(26)24-16-6-7-18-19(11-16)30-9-8-29-18/h2-7,10-11H,8-9,12-13H2,1H3,(H,23,27)(H,24,26). The molecule has 154 valence electrons. The van der Waals surface area contributed by atoms with Crippen molar-refractivity contribution in [1.82, 2.24) is 9.88 Å². The van der Waals surface area contributed by atoms with Crippen LogP contribution in [0, 0.1) is 6.92 Å². The second-order valence-electron chi connectivity index (χ2n) is 6.95. The van der Waals surface area contributed by atoms with Crippen LogP contribution in [-0.2, 0) is 16.1 Å². The molecule has 0 radical (unpaired) electrons. The second kappa shape index (κ2) is 8.28. The van der Waals surface area contributed by atoms with Gasteiger partial charge in [-0.2, -0.15) is 0 Å². The monoisotopic (exact) mass is 407 g/mol. The summed E-state index contributed by atoms with van der Waals surface area (Å²) in [5.74, 6) is 0.383. The molecule has 0 bridgehead atoms. The van der Waals surface area contributed by atoms with E-state index < -0.39 is 5.91 Å². The van der Waals surface area contributed by atoms with Crippen LogP contribution in [0.4, 0.5) is 5.69 Å². The lowest BCUT2D eigenvalue weighted by Crippen LogP contribution is -2.37. The number of fused-ring (bicyclic) bond motifs is 2. The summed E-state index contributed by atoms with van der Waals surface area (Å²) < 4.78 is 12.3. The van der Waals surface area contributed by atoms with Gasteiger partial charge in [-0.3, -0.25) is 14.4 Å². The molecule has 0 saturated carbocycles. The first-order chi connectivity index (χ1) is 14.5. The summed E-state index contributed by atoms with van der Waals surface area (Å²) in [5.41, 5.74) is 0.983. The Hall–Kier alpha value is -3.81. The highest BCUT2D eigenvalue weighted by atomic mass is 16.6. The van der Waals surface area contributed by atoms with Gasteiger partial charge < -0.3 is 24.7 Å². The molecule has 2 aromatic carbocycles. The smallest absolute Gasteiger partial charge is 0.259 e. The first-order valence-electron chi connectivity index (χ1n) is 9.56. The average Bonchev–Trinajstić information content (AvgIpc) is 2.75. The zero-order chi connectivity index (χ0) is 21.1. The highest BCUT2D eigenvalue weighted by Gasteiger charge is 2.14. The van der Waals surface area contributed by atoms with Gasteiger partial charge in [0.1, 0.15) is 19.8 Å². The van der Waals surface area contributed by atoms with E-state index >= 15 is 0 Å². The SMILES string of the molecule is Cc1cc2ccccc2c(=O)n1CC(=O)NCC(=O)Nc1ccc2c(c1)OCCO2. The van der Waals surface area contributed by atoms with Gasteiger partial charge in [-0.1, -0.05) is 18.2 Å². The molecule has 2 amide bonds. The average molecular weight is 407 g/mol. The number of benzene rings is 2. The maximum Gasteiger partial charge on any atom is 0.259 e. The van der Waals surface area contributed by atoms with E-state index in [9.17, 15) is 14.4 Å². The van der Waals surface area contributed by atoms with Crippen LogP contribution in [0.15, 0.2) is 53.3 Å². The number of aryl methyl sites for hydroxylation is 1. The molecular formula is C22H21N3O5. The number of amides is 2. The van der Waals surface area contributed by atoms with Gasteiger partial charge in [0.15, 0.2) is 11.5 Å². The Morgan fingerprint density at radius 2 is 1.77 bits per heavy atom. The molecule has 0 fully saturated rings. The van der Waals surface area contributed by atoms with E-state index in [2.05, 4.69) is 10.6 Å². The fraction of sp³-hybridized carbons (Fsp3) is 0.227. The van der Waals surface area contributed by atoms with Gasteiger partial charge in [0.25, 0.3) is 5.56 Å². The topological polar surface area (TPSA) is 98.7 Å². The van der Waals surface area contributed by atoms with Gasteiger partial charge in [-0.15, -0.1) is 0 Å². The van der Waals surface area contributed by atoms with Crippen LogP contribution in [-0.4, -0.2) is 36.1 Å². The molecule has 0 saturated heterocycles. The molecule has 0 aliphatic carbocycles. The minimum Gasteiger partial charge on any atom is -0.486 e. The number of aromatic nitrogens is 1. The van der Waals surface area contributed by atoms with Gasteiger partial charge >= 0.3 is 0 Å². The summed E-state index contributed by atoms with van der Waals surface area (Å²) in [7, 11) is 0. The van der Waals surface area contributed by atoms with E-state index in [-0.39, 0.29) is 24.6 Å². The Morgan fingerprint density at radius 3 is 2.60 bits per heavy atom. The van der Waals surface area contributed by atoms with E-state index in [1.54, 1.807) is 37.3 Å². The van der Waals surface area contributed by atoms with E-state index in [1.807, 2.05) is 18.2 Å². The van der Waals surface area contributed by atoms with Gasteiger partial charge in [0, 0.05) is 22.8 Å². The van der Waals surface area contributed by atoms with Crippen LogP contribution in [0.1, 0.15) is 5.69 Å². The van der Waals surface area contributed by atoms with Crippen LogP contribution < -0.4 is 25.7 Å². The number of hydrogen-bond acceptors (Lipinski definition) is 5. The summed E-state index contributed by atoms with van der Waals surface area (Å²) in [6.07, 6.45) is 0. The molecule has 2 N–H and O–H groups in total. The minimum absolute atomic E-state index is 0.160. The summed E-state index contributed by atoms with van der Waals surface area (Å²) in [6, 6.07) is 14.2. The summed E-state index contributed by atoms with van der Waals surface area (Å²) in [6.45, 7) is 2.34. The molecule has 0 atom stereocenters. The molecule has 30 heavy (non-hydrogen) atoms. The predicted molar refractivity (Wildman–Crippen MR) is 112 cm³/mol. The lowest BCUT2D eigenvalue weighted by molar-refractivity contribution is -0.124. The Balaban J connectivity index is 1.36. The highest BCUT2D eigenvalue weighted by Crippen LogP contribution is 2.32. The number of nitrogens with one attached hydrogen (secondary N) is 2. The Morgan fingerprint density at radius 1 is 1.00 bits per heavy atom. The van der Waals surface area contributed by atoms with Gasteiger partial charge in [0.2, 0.25) is 11.8 Å². The van der Waals surface area contributed by atoms with Crippen LogP contribution >= 0.6 is 0 Å². The van der Waals surface area contributed by atoms with Crippen LogP contribution in [0.5, 0.6) is 11.5 Å². The zero-order valence-corrected chi connectivity index (χ0v) is 16.4. The van der Waals surface area contributed by atoms with Crippen LogP contribution in [0.3, 0.4) is 0 Å². The Kier molecular flexibility index (Phi) is 5.38. The number of carbonyl (C=O) groups is 2. The van der Waals surface area contributed by atoms with Crippen LogP contribution in [0.25, 0.3) is 10.8 Å². The van der Waals surface area contributed by atoms with Crippen molar-refractivity contribution in [1.29, 1.82) is 0 Å². The lowest BCUT2D eigenvalue weighted by atomic mass is 10.1. The maximum atomic E-state index is 12.7. The number of nitrogens with zero attached hydrogens (tertiary/aromatic N) is 1. The van der Waals surface area contributed by atoms with Crippen molar-refractivity contribution in [3.63, 3.8) is 0 Å². The number of carbonyl (C=O) groups excluding carboxylic acids is 2. The minimum atomic E-state index is -0.423. The lowest BCUT2D eigenvalue weighted by Gasteiger charge is -2.19. The Bertz CT molecular complexity index is 1190. The van der Waals surface area contributed by atoms with Crippen molar-refractivity contribution in [3.05, 3.63) is 64.6 Å². The quantitative estimate of drug-likeness (QED) is 0.673. The normalized spacial score (nSPS) is 12.4. The van der Waals surface area contributed by atoms with Crippen molar-refractivity contribution in [3.8, 4) is 11.5 Å². The molecular weight excluding hydrogens is 386 g/mol. The number of ether oxygens (including phenoxy) is 2. The van der Waals surface area contributed by atoms with Gasteiger partial charge in [-0.25, -0.2) is 0 Å². The molecule has 1 aliphatic heterocycles. The van der Waals surface area contributed by atoms with E-state index in [1.165, 1.54) is 4.57 Å². The van der Waals surface area contributed by atoms with Crippen LogP contribution in [0.2, 0.25) is 0 Å². The maximum absolute atomic E-state index is 12.7. The third-order valence-corrected chi connectivity index (χ3v) is 4.80. The number of hydrogen-bond donors (Lipinski definition) is 2. The van der Waals surface area contributed by atoms with Crippen molar-refractivity contribution in [2.45, 2.75) is 13.5 Å². The molecule has 8 nitrogen and oxygen atoms in total. The van der Waals surface area contributed by atoms with Crippen molar-refractivity contribution >= 4 is 28.3 Å². The van der Waals surface area contributed by atoms with Crippen molar-refractivity contribution in [2.75, 3.05) is 25.1 Å². The Labute approximate surface area is 172 Å². The third-order valence-electron chi connectivity index (χ3n) is 4.80. The molecule has 8 heteroatoms. The van der Waals surface area contributed by atoms with E-state index in [4.69, 9.17) is 9.47 Å². The molecule has 1 aromatic heterocycles. The fourth-order valence-corrected chi connectivity index (χ4v) is 3.33. The second-order valence-corrected chi connectivity index (χ2v) is 6.95. The van der Waals surface area contributed by atoms with Crippen molar-refractivity contribution in [2.24, 2.45) is 0 Å². The number of anilines is 1. The number of pyridine rings is 1. The number of rotatable bonds is 5. The molecule has 2 heterocycles. The summed E-state index contributed by atoms with van der Waals surface area (Å²) >= 11 is 0. The summed E-state index contributed by atoms with van der Waals surface area (Å²) in [5, 5.41) is 6.63. The molecule has 3 aromatic rings. The molecule has 4 rings (SSSR count). The first kappa shape index (κ1) is 19.5. The van der Waals surface area contributed by atoms with E-state index in [0.717, 1.165) is 5.39 Å². The third kappa shape index (κ3) is 4.12. The van der Waals surface area contributed by atoms with Gasteiger partial charge in [-0.05, 0) is 36.6 Å². The summed E-state index contributed by atoms with van der Waals surface area (Å²) in [4.78, 5) is 37.2. The fourth-order valence-electron chi connectivity index (χ4n) is 3.33. The predicted octanol–water partition coefficient (Wildman–Crippen LogP) is 1.84. The van der Waals surface area contributed by atoms with E-state index in [0.29, 0.717) is 41.5 Å². The first-order valence-corrected chi connectivity index (χ1v) is 9.56. The van der Waals surface area contributed by atoms with Gasteiger partial charge in [0.05, 0.1) is 6.54 Å². The highest BCUT2D eigenvalue weighted by molar-refractivity contribution is 5.94. The molecule has 0 unspecified atom stereocenters. The molecule has 1 aliphatic rings. The van der Waals surface area contributed by atoms with Crippen molar-refractivity contribution < 1.29 is 19.1 Å².